The predicted octanol–water partition coefficient (Wildman–Crippen LogP) is 3.63. The molecule has 0 bridgehead atoms. The van der Waals surface area contributed by atoms with E-state index in [9.17, 15) is 4.39 Å². The van der Waals surface area contributed by atoms with E-state index < -0.39 is 0 Å². The Bertz CT molecular complexity index is 999. The number of nitrogens with one attached hydrogen (secondary N) is 1. The van der Waals surface area contributed by atoms with E-state index in [1.54, 1.807) is 6.07 Å². The summed E-state index contributed by atoms with van der Waals surface area (Å²) in [4.78, 5) is 21.9. The number of fused-ring (bicyclic) bond motifs is 1. The molecule has 0 spiro atoms. The van der Waals surface area contributed by atoms with Crippen molar-refractivity contribution in [2.75, 3.05) is 31.1 Å². The summed E-state index contributed by atoms with van der Waals surface area (Å²) in [5, 5.41) is 0. The molecule has 0 amide bonds. The van der Waals surface area contributed by atoms with Crippen molar-refractivity contribution in [2.24, 2.45) is 0 Å². The maximum atomic E-state index is 13.4. The number of aromatic nitrogens is 4. The monoisotopic (exact) mass is 428 g/mol. The van der Waals surface area contributed by atoms with Crippen LogP contribution in [0.25, 0.3) is 11.4 Å². The van der Waals surface area contributed by atoms with Crippen molar-refractivity contribution in [3.05, 3.63) is 59.4 Å². The van der Waals surface area contributed by atoms with Gasteiger partial charge in [-0.1, -0.05) is 12.1 Å². The first-order valence-electron chi connectivity index (χ1n) is 10.4. The molecule has 30 heavy (non-hydrogen) atoms. The number of piperazine rings is 1. The topological polar surface area (TPSA) is 60.9 Å². The van der Waals surface area contributed by atoms with Crippen LogP contribution in [-0.4, -0.2) is 51.0 Å². The van der Waals surface area contributed by atoms with Crippen LogP contribution in [-0.2, 0) is 19.4 Å². The minimum absolute atomic E-state index is 0. The van der Waals surface area contributed by atoms with Gasteiger partial charge in [-0.05, 0) is 43.4 Å². The number of rotatable bonds is 4. The van der Waals surface area contributed by atoms with Crippen LogP contribution in [0.1, 0.15) is 29.8 Å². The number of imidazole rings is 1. The minimum atomic E-state index is -0.249. The van der Waals surface area contributed by atoms with Gasteiger partial charge in [-0.3, -0.25) is 4.90 Å². The quantitative estimate of drug-likeness (QED) is 0.687. The summed E-state index contributed by atoms with van der Waals surface area (Å²) >= 11 is 0. The van der Waals surface area contributed by atoms with Crippen molar-refractivity contribution >= 4 is 18.4 Å². The van der Waals surface area contributed by atoms with Crippen LogP contribution < -0.4 is 4.90 Å². The van der Waals surface area contributed by atoms with Crippen LogP contribution in [0.15, 0.2) is 36.7 Å². The van der Waals surface area contributed by atoms with E-state index in [-0.39, 0.29) is 18.2 Å². The third-order valence-electron chi connectivity index (χ3n) is 5.83. The molecule has 3 heterocycles. The average molecular weight is 429 g/mol. The number of nitrogens with zero attached hydrogens (tertiary/aromatic N) is 5. The summed E-state index contributed by atoms with van der Waals surface area (Å²) < 4.78 is 13.4. The van der Waals surface area contributed by atoms with Gasteiger partial charge in [0.25, 0.3) is 0 Å². The number of aryl methyl sites for hydroxylation is 2. The fourth-order valence-corrected chi connectivity index (χ4v) is 4.19. The molecule has 5 rings (SSSR count). The second-order valence-electron chi connectivity index (χ2n) is 7.88. The number of H-pyrrole nitrogens is 1. The van der Waals surface area contributed by atoms with E-state index in [1.807, 2.05) is 18.5 Å². The van der Waals surface area contributed by atoms with Crippen molar-refractivity contribution in [1.29, 1.82) is 0 Å². The van der Waals surface area contributed by atoms with Crippen LogP contribution in [0.4, 0.5) is 10.3 Å². The maximum absolute atomic E-state index is 13.4. The molecule has 1 saturated heterocycles. The fraction of sp³-hybridized carbons (Fsp3) is 0.409. The third kappa shape index (κ3) is 4.47. The molecule has 2 aromatic heterocycles. The summed E-state index contributed by atoms with van der Waals surface area (Å²) in [7, 11) is 0. The number of hydrogen-bond acceptors (Lipinski definition) is 5. The first-order chi connectivity index (χ1) is 14.2. The molecule has 8 heteroatoms. The zero-order valence-electron chi connectivity index (χ0n) is 16.9. The van der Waals surface area contributed by atoms with Crippen molar-refractivity contribution in [1.82, 2.24) is 24.8 Å². The molecular weight excluding hydrogens is 403 g/mol. The van der Waals surface area contributed by atoms with Crippen LogP contribution in [0.2, 0.25) is 0 Å². The lowest BCUT2D eigenvalue weighted by Gasteiger charge is -2.34. The Labute approximate surface area is 182 Å². The molecule has 1 aliphatic carbocycles. The Morgan fingerprint density at radius 1 is 1.00 bits per heavy atom. The van der Waals surface area contributed by atoms with E-state index in [0.717, 1.165) is 62.8 Å². The van der Waals surface area contributed by atoms with E-state index in [0.29, 0.717) is 5.82 Å². The Morgan fingerprint density at radius 3 is 2.67 bits per heavy atom. The van der Waals surface area contributed by atoms with Gasteiger partial charge in [-0.2, -0.15) is 0 Å². The molecule has 3 aromatic rings. The highest BCUT2D eigenvalue weighted by atomic mass is 35.5. The SMILES string of the molecule is Cl.Fc1cccc(-c2ncc(CN3CCN(c4ncc5c(n4)CCCC5)CC3)[nH]2)c1. The summed E-state index contributed by atoms with van der Waals surface area (Å²) in [6.07, 6.45) is 8.56. The van der Waals surface area contributed by atoms with Gasteiger partial charge < -0.3 is 9.88 Å². The largest absolute Gasteiger partial charge is 0.341 e. The van der Waals surface area contributed by atoms with E-state index in [1.165, 1.54) is 36.2 Å². The summed E-state index contributed by atoms with van der Waals surface area (Å²) in [5.41, 5.74) is 4.38. The van der Waals surface area contributed by atoms with Crippen LogP contribution in [0, 0.1) is 5.82 Å². The lowest BCUT2D eigenvalue weighted by Crippen LogP contribution is -2.46. The standard InChI is InChI=1S/C22H25FN6.ClH/c23-18-6-3-5-16(12-18)21-24-14-19(26-21)15-28-8-10-29(11-9-28)22-25-13-17-4-1-2-7-20(17)27-22;/h3,5-6,12-14H,1-2,4,7-11,15H2,(H,24,26);1H. The Balaban J connectivity index is 0.00000218. The van der Waals surface area contributed by atoms with Gasteiger partial charge in [0.15, 0.2) is 0 Å². The second-order valence-corrected chi connectivity index (χ2v) is 7.88. The molecule has 158 valence electrons. The summed E-state index contributed by atoms with van der Waals surface area (Å²) in [6.45, 7) is 4.55. The predicted molar refractivity (Wildman–Crippen MR) is 117 cm³/mol. The zero-order valence-corrected chi connectivity index (χ0v) is 17.7. The Kier molecular flexibility index (Phi) is 6.29. The van der Waals surface area contributed by atoms with Gasteiger partial charge in [0.1, 0.15) is 11.6 Å². The Morgan fingerprint density at radius 2 is 1.83 bits per heavy atom. The molecule has 0 saturated carbocycles. The van der Waals surface area contributed by atoms with Crippen molar-refractivity contribution < 1.29 is 4.39 Å². The van der Waals surface area contributed by atoms with E-state index >= 15 is 0 Å². The molecule has 0 unspecified atom stereocenters. The lowest BCUT2D eigenvalue weighted by atomic mass is 9.98. The van der Waals surface area contributed by atoms with Crippen molar-refractivity contribution in [3.8, 4) is 11.4 Å². The van der Waals surface area contributed by atoms with Crippen LogP contribution >= 0.6 is 12.4 Å². The molecule has 0 atom stereocenters. The summed E-state index contributed by atoms with van der Waals surface area (Å²) in [6, 6.07) is 6.51. The number of hydrogen-bond donors (Lipinski definition) is 1. The van der Waals surface area contributed by atoms with Crippen molar-refractivity contribution in [2.45, 2.75) is 32.2 Å². The number of halogens is 2. The van der Waals surface area contributed by atoms with Crippen molar-refractivity contribution in [3.63, 3.8) is 0 Å². The fourth-order valence-electron chi connectivity index (χ4n) is 4.19. The number of benzene rings is 1. The first kappa shape index (κ1) is 20.8. The molecule has 1 N–H and O–H groups in total. The zero-order chi connectivity index (χ0) is 19.6. The second kappa shape index (κ2) is 9.10. The van der Waals surface area contributed by atoms with E-state index in [2.05, 4.69) is 24.8 Å². The average Bonchev–Trinajstić information content (AvgIpc) is 3.22. The molecule has 6 nitrogen and oxygen atoms in total. The smallest absolute Gasteiger partial charge is 0.225 e. The normalized spacial score (nSPS) is 16.8. The maximum Gasteiger partial charge on any atom is 0.225 e. The van der Waals surface area contributed by atoms with Gasteiger partial charge in [0, 0.05) is 62.1 Å². The Hall–Kier alpha value is -2.51. The van der Waals surface area contributed by atoms with Gasteiger partial charge in [0.05, 0.1) is 0 Å². The molecule has 2 aliphatic rings. The number of anilines is 1. The number of aromatic amines is 1. The van der Waals surface area contributed by atoms with Crippen LogP contribution in [0.5, 0.6) is 0 Å². The van der Waals surface area contributed by atoms with Gasteiger partial charge >= 0.3 is 0 Å². The molecule has 1 aromatic carbocycles. The summed E-state index contributed by atoms with van der Waals surface area (Å²) in [5.74, 6) is 1.33. The minimum Gasteiger partial charge on any atom is -0.341 e. The van der Waals surface area contributed by atoms with Gasteiger partial charge in [0.2, 0.25) is 5.95 Å². The van der Waals surface area contributed by atoms with Gasteiger partial charge in [-0.15, -0.1) is 12.4 Å². The lowest BCUT2D eigenvalue weighted by molar-refractivity contribution is 0.246. The molecule has 1 aliphatic heterocycles. The molecular formula is C22H26ClFN6. The molecule has 1 fully saturated rings. The highest BCUT2D eigenvalue weighted by Gasteiger charge is 2.21. The first-order valence-corrected chi connectivity index (χ1v) is 10.4. The highest BCUT2D eigenvalue weighted by Crippen LogP contribution is 2.22. The van der Waals surface area contributed by atoms with Crippen LogP contribution in [0.3, 0.4) is 0 Å². The van der Waals surface area contributed by atoms with Gasteiger partial charge in [-0.25, -0.2) is 19.3 Å². The van der Waals surface area contributed by atoms with E-state index in [4.69, 9.17) is 4.98 Å². The molecule has 0 radical (unpaired) electrons. The third-order valence-corrected chi connectivity index (χ3v) is 5.83. The highest BCUT2D eigenvalue weighted by molar-refractivity contribution is 5.85.